The van der Waals surface area contributed by atoms with Crippen LogP contribution in [0.25, 0.3) is 0 Å². The number of hydrogen-bond acceptors (Lipinski definition) is 2. The van der Waals surface area contributed by atoms with Gasteiger partial charge in [0, 0.05) is 12.2 Å². The summed E-state index contributed by atoms with van der Waals surface area (Å²) >= 11 is 0. The van der Waals surface area contributed by atoms with Crippen molar-refractivity contribution < 1.29 is 4.39 Å². The van der Waals surface area contributed by atoms with E-state index in [9.17, 15) is 4.39 Å². The largest absolute Gasteiger partial charge is 0.315 e. The summed E-state index contributed by atoms with van der Waals surface area (Å²) in [7, 11) is 0. The molecule has 0 saturated heterocycles. The third-order valence-corrected chi connectivity index (χ3v) is 3.14. The lowest BCUT2D eigenvalue weighted by molar-refractivity contribution is 0.570. The van der Waals surface area contributed by atoms with Crippen molar-refractivity contribution in [1.29, 1.82) is 0 Å². The number of rotatable bonds is 7. The van der Waals surface area contributed by atoms with E-state index in [1.54, 1.807) is 12.1 Å². The second-order valence-electron chi connectivity index (χ2n) is 5.39. The topological polar surface area (TPSA) is 29.9 Å². The second-order valence-corrected chi connectivity index (χ2v) is 5.39. The Morgan fingerprint density at radius 2 is 1.95 bits per heavy atom. The first-order chi connectivity index (χ1) is 9.63. The molecular weight excluding hydrogens is 253 g/mol. The van der Waals surface area contributed by atoms with Crippen molar-refractivity contribution in [2.45, 2.75) is 39.3 Å². The van der Waals surface area contributed by atoms with E-state index >= 15 is 0 Å². The van der Waals surface area contributed by atoms with Crippen molar-refractivity contribution in [3.8, 4) is 0 Å². The molecule has 0 aliphatic rings. The average Bonchev–Trinajstić information content (AvgIpc) is 2.85. The fourth-order valence-electron chi connectivity index (χ4n) is 2.08. The maximum absolute atomic E-state index is 12.8. The summed E-state index contributed by atoms with van der Waals surface area (Å²) in [4.78, 5) is 0. The van der Waals surface area contributed by atoms with Crippen LogP contribution in [0.1, 0.15) is 31.4 Å². The Morgan fingerprint density at radius 3 is 2.65 bits per heavy atom. The summed E-state index contributed by atoms with van der Waals surface area (Å²) in [6.45, 7) is 6.02. The first-order valence-electron chi connectivity index (χ1n) is 7.12. The lowest BCUT2D eigenvalue weighted by Crippen LogP contribution is -2.23. The highest BCUT2D eigenvalue weighted by Crippen LogP contribution is 2.07. The second kappa shape index (κ2) is 7.20. The van der Waals surface area contributed by atoms with Gasteiger partial charge >= 0.3 is 0 Å². The molecule has 0 amide bonds. The number of halogens is 1. The van der Waals surface area contributed by atoms with E-state index in [4.69, 9.17) is 0 Å². The summed E-state index contributed by atoms with van der Waals surface area (Å²) in [6.07, 6.45) is 6.13. The third-order valence-electron chi connectivity index (χ3n) is 3.14. The normalized spacial score (nSPS) is 11.2. The number of hydrogen-bond donors (Lipinski definition) is 1. The molecule has 1 aromatic heterocycles. The van der Waals surface area contributed by atoms with Crippen molar-refractivity contribution in [2.24, 2.45) is 0 Å². The lowest BCUT2D eigenvalue weighted by Gasteiger charge is -2.06. The van der Waals surface area contributed by atoms with Crippen LogP contribution in [0.4, 0.5) is 4.39 Å². The highest BCUT2D eigenvalue weighted by atomic mass is 19.1. The molecule has 3 nitrogen and oxygen atoms in total. The van der Waals surface area contributed by atoms with E-state index in [0.717, 1.165) is 24.9 Å². The number of nitrogens with one attached hydrogen (secondary N) is 1. The molecule has 0 radical (unpaired) electrons. The van der Waals surface area contributed by atoms with E-state index < -0.39 is 0 Å². The highest BCUT2D eigenvalue weighted by molar-refractivity contribution is 5.16. The molecule has 2 rings (SSSR count). The van der Waals surface area contributed by atoms with E-state index in [2.05, 4.69) is 30.5 Å². The van der Waals surface area contributed by atoms with Gasteiger partial charge < -0.3 is 5.32 Å². The van der Waals surface area contributed by atoms with Gasteiger partial charge in [0.25, 0.3) is 0 Å². The minimum absolute atomic E-state index is 0.201. The van der Waals surface area contributed by atoms with Crippen molar-refractivity contribution >= 4 is 0 Å². The maximum atomic E-state index is 12.8. The van der Waals surface area contributed by atoms with Crippen molar-refractivity contribution in [3.05, 3.63) is 53.6 Å². The summed E-state index contributed by atoms with van der Waals surface area (Å²) < 4.78 is 14.7. The van der Waals surface area contributed by atoms with E-state index in [1.807, 2.05) is 10.9 Å². The van der Waals surface area contributed by atoms with Crippen LogP contribution in [0.2, 0.25) is 0 Å². The highest BCUT2D eigenvalue weighted by Gasteiger charge is 2.01. The summed E-state index contributed by atoms with van der Waals surface area (Å²) in [5.74, 6) is -0.201. The van der Waals surface area contributed by atoms with Gasteiger partial charge in [-0.1, -0.05) is 26.0 Å². The predicted molar refractivity (Wildman–Crippen MR) is 79.2 cm³/mol. The Hall–Kier alpha value is -1.68. The minimum Gasteiger partial charge on any atom is -0.315 e. The Kier molecular flexibility index (Phi) is 5.30. The van der Waals surface area contributed by atoms with Crippen LogP contribution in [0.3, 0.4) is 0 Å². The molecule has 0 fully saturated rings. The molecule has 0 saturated carbocycles. The zero-order valence-electron chi connectivity index (χ0n) is 12.1. The molecule has 0 aliphatic carbocycles. The standard InChI is InChI=1S/C16H22FN3/c1-13(2)18-9-3-4-15-10-19-20(12-15)11-14-5-7-16(17)8-6-14/h5-8,10,12-13,18H,3-4,9,11H2,1-2H3. The molecule has 4 heteroatoms. The van der Waals surface area contributed by atoms with Crippen LogP contribution in [-0.4, -0.2) is 22.4 Å². The van der Waals surface area contributed by atoms with Crippen molar-refractivity contribution in [1.82, 2.24) is 15.1 Å². The number of aryl methyl sites for hydroxylation is 1. The lowest BCUT2D eigenvalue weighted by atomic mass is 10.2. The quantitative estimate of drug-likeness (QED) is 0.787. The molecule has 108 valence electrons. The first-order valence-corrected chi connectivity index (χ1v) is 7.12. The van der Waals surface area contributed by atoms with E-state index in [-0.39, 0.29) is 5.82 Å². The summed E-state index contributed by atoms with van der Waals surface area (Å²) in [5, 5.41) is 7.76. The Morgan fingerprint density at radius 1 is 1.20 bits per heavy atom. The van der Waals surface area contributed by atoms with Gasteiger partial charge in [-0.25, -0.2) is 4.39 Å². The number of aromatic nitrogens is 2. The van der Waals surface area contributed by atoms with Crippen LogP contribution < -0.4 is 5.32 Å². The molecule has 0 spiro atoms. The molecule has 0 atom stereocenters. The van der Waals surface area contributed by atoms with Gasteiger partial charge in [0.2, 0.25) is 0 Å². The number of benzene rings is 1. The maximum Gasteiger partial charge on any atom is 0.123 e. The van der Waals surface area contributed by atoms with Gasteiger partial charge in [-0.3, -0.25) is 4.68 Å². The molecule has 0 aliphatic heterocycles. The molecule has 1 aromatic carbocycles. The van der Waals surface area contributed by atoms with Crippen molar-refractivity contribution in [2.75, 3.05) is 6.54 Å². The van der Waals surface area contributed by atoms with Gasteiger partial charge in [-0.2, -0.15) is 5.10 Å². The molecular formula is C16H22FN3. The Bertz CT molecular complexity index is 517. The van der Waals surface area contributed by atoms with E-state index in [1.165, 1.54) is 17.7 Å². The summed E-state index contributed by atoms with van der Waals surface area (Å²) in [6, 6.07) is 7.09. The van der Waals surface area contributed by atoms with Gasteiger partial charge in [0.05, 0.1) is 12.7 Å². The Labute approximate surface area is 119 Å². The third kappa shape index (κ3) is 4.78. The van der Waals surface area contributed by atoms with Gasteiger partial charge in [-0.05, 0) is 42.6 Å². The molecule has 1 N–H and O–H groups in total. The smallest absolute Gasteiger partial charge is 0.123 e. The van der Waals surface area contributed by atoms with Crippen LogP contribution in [0.5, 0.6) is 0 Å². The fourth-order valence-corrected chi connectivity index (χ4v) is 2.08. The van der Waals surface area contributed by atoms with Crippen molar-refractivity contribution in [3.63, 3.8) is 0 Å². The van der Waals surface area contributed by atoms with Crippen LogP contribution in [0.15, 0.2) is 36.7 Å². The zero-order valence-corrected chi connectivity index (χ0v) is 12.1. The molecule has 20 heavy (non-hydrogen) atoms. The first kappa shape index (κ1) is 14.7. The van der Waals surface area contributed by atoms with Gasteiger partial charge in [-0.15, -0.1) is 0 Å². The fraction of sp³-hybridized carbons (Fsp3) is 0.438. The SMILES string of the molecule is CC(C)NCCCc1cnn(Cc2ccc(F)cc2)c1. The number of nitrogens with zero attached hydrogens (tertiary/aromatic N) is 2. The minimum atomic E-state index is -0.201. The van der Waals surface area contributed by atoms with Gasteiger partial charge in [0.1, 0.15) is 5.82 Å². The average molecular weight is 275 g/mol. The van der Waals surface area contributed by atoms with Crippen LogP contribution in [0, 0.1) is 5.82 Å². The predicted octanol–water partition coefficient (Wildman–Crippen LogP) is 3.00. The monoisotopic (exact) mass is 275 g/mol. The summed E-state index contributed by atoms with van der Waals surface area (Å²) in [5.41, 5.74) is 2.31. The van der Waals surface area contributed by atoms with E-state index in [0.29, 0.717) is 12.6 Å². The molecule has 1 heterocycles. The molecule has 2 aromatic rings. The van der Waals surface area contributed by atoms with Crippen LogP contribution >= 0.6 is 0 Å². The Balaban J connectivity index is 1.81. The molecule has 0 unspecified atom stereocenters. The van der Waals surface area contributed by atoms with Gasteiger partial charge in [0.15, 0.2) is 0 Å². The van der Waals surface area contributed by atoms with Crippen LogP contribution in [-0.2, 0) is 13.0 Å². The zero-order chi connectivity index (χ0) is 14.4. The molecule has 0 bridgehead atoms.